The second-order valence-electron chi connectivity index (χ2n) is 8.45. The maximum atomic E-state index is 13.4. The van der Waals surface area contributed by atoms with Gasteiger partial charge in [-0.3, -0.25) is 9.59 Å². The van der Waals surface area contributed by atoms with Crippen LogP contribution in [0.2, 0.25) is 0 Å². The van der Waals surface area contributed by atoms with Crippen molar-refractivity contribution in [2.75, 3.05) is 11.1 Å². The minimum absolute atomic E-state index is 0.0344. The van der Waals surface area contributed by atoms with Gasteiger partial charge in [-0.05, 0) is 49.9 Å². The molecule has 180 valence electrons. The molecular weight excluding hydrogens is 477 g/mol. The summed E-state index contributed by atoms with van der Waals surface area (Å²) in [6.07, 6.45) is -2.85. The van der Waals surface area contributed by atoms with Crippen molar-refractivity contribution in [2.24, 2.45) is 5.92 Å². The molecule has 1 aliphatic rings. The summed E-state index contributed by atoms with van der Waals surface area (Å²) in [6.45, 7) is 1.70. The highest BCUT2D eigenvalue weighted by atomic mass is 32.2. The van der Waals surface area contributed by atoms with E-state index < -0.39 is 23.2 Å². The van der Waals surface area contributed by atoms with Crippen molar-refractivity contribution in [1.82, 2.24) is 10.3 Å². The number of rotatable bonds is 7. The van der Waals surface area contributed by atoms with Crippen molar-refractivity contribution in [3.63, 3.8) is 0 Å². The highest BCUT2D eigenvalue weighted by Crippen LogP contribution is 2.39. The Morgan fingerprint density at radius 2 is 1.83 bits per heavy atom. The summed E-state index contributed by atoms with van der Waals surface area (Å²) in [4.78, 5) is 30.0. The quantitative estimate of drug-likeness (QED) is 0.425. The van der Waals surface area contributed by atoms with Crippen LogP contribution in [0.1, 0.15) is 35.7 Å². The van der Waals surface area contributed by atoms with Gasteiger partial charge in [0, 0.05) is 5.39 Å². The topological polar surface area (TPSA) is 94.9 Å². The van der Waals surface area contributed by atoms with Crippen molar-refractivity contribution in [2.45, 2.75) is 36.5 Å². The van der Waals surface area contributed by atoms with Crippen LogP contribution in [-0.2, 0) is 11.0 Å². The van der Waals surface area contributed by atoms with Crippen molar-refractivity contribution in [3.8, 4) is 6.07 Å². The fraction of sp³-hybridized carbons (Fsp3) is 0.280. The van der Waals surface area contributed by atoms with E-state index in [1.54, 1.807) is 31.2 Å². The van der Waals surface area contributed by atoms with Crippen molar-refractivity contribution < 1.29 is 22.8 Å². The number of alkyl halides is 3. The minimum Gasteiger partial charge on any atom is -0.337 e. The molecule has 1 aromatic heterocycles. The fourth-order valence-electron chi connectivity index (χ4n) is 3.79. The zero-order chi connectivity index (χ0) is 25.2. The predicted molar refractivity (Wildman–Crippen MR) is 127 cm³/mol. The number of nitrogens with one attached hydrogen (secondary N) is 2. The van der Waals surface area contributed by atoms with Gasteiger partial charge in [-0.1, -0.05) is 42.1 Å². The summed E-state index contributed by atoms with van der Waals surface area (Å²) in [5.41, 5.74) is -1.63. The van der Waals surface area contributed by atoms with E-state index in [0.29, 0.717) is 15.9 Å². The summed E-state index contributed by atoms with van der Waals surface area (Å²) in [5.74, 6) is -0.966. The van der Waals surface area contributed by atoms with Gasteiger partial charge >= 0.3 is 6.18 Å². The number of carbonyl (C=O) groups excluding carboxylic acids is 2. The maximum Gasteiger partial charge on any atom is 0.418 e. The largest absolute Gasteiger partial charge is 0.418 e. The molecule has 1 atom stereocenters. The van der Waals surface area contributed by atoms with E-state index in [4.69, 9.17) is 0 Å². The van der Waals surface area contributed by atoms with Gasteiger partial charge in [0.25, 0.3) is 5.91 Å². The monoisotopic (exact) mass is 498 g/mol. The first-order valence-corrected chi connectivity index (χ1v) is 11.8. The first-order valence-electron chi connectivity index (χ1n) is 10.8. The number of carbonyl (C=O) groups is 2. The van der Waals surface area contributed by atoms with Crippen LogP contribution < -0.4 is 10.6 Å². The normalized spacial score (nSPS) is 15.2. The summed E-state index contributed by atoms with van der Waals surface area (Å²) in [7, 11) is 0. The Morgan fingerprint density at radius 3 is 2.51 bits per heavy atom. The molecule has 3 aromatic rings. The van der Waals surface area contributed by atoms with Gasteiger partial charge in [0.05, 0.1) is 39.2 Å². The van der Waals surface area contributed by atoms with Crippen LogP contribution in [0.15, 0.2) is 59.6 Å². The number of benzene rings is 2. The smallest absolute Gasteiger partial charge is 0.337 e. The van der Waals surface area contributed by atoms with Gasteiger partial charge in [0.2, 0.25) is 5.91 Å². The van der Waals surface area contributed by atoms with Crippen LogP contribution in [0.4, 0.5) is 18.9 Å². The number of nitrogens with zero attached hydrogens (tertiary/aromatic N) is 2. The molecule has 2 N–H and O–H groups in total. The first kappa shape index (κ1) is 24.5. The average Bonchev–Trinajstić information content (AvgIpc) is 3.68. The zero-order valence-electron chi connectivity index (χ0n) is 18.6. The summed E-state index contributed by atoms with van der Waals surface area (Å²) >= 11 is 1.08. The molecular formula is C25H21F3N4O2S. The number of amides is 2. The second-order valence-corrected chi connectivity index (χ2v) is 9.44. The number of halogens is 3. The molecule has 1 unspecified atom stereocenters. The third kappa shape index (κ3) is 5.57. The van der Waals surface area contributed by atoms with E-state index in [9.17, 15) is 28.0 Å². The Kier molecular flexibility index (Phi) is 6.72. The minimum atomic E-state index is -4.63. The van der Waals surface area contributed by atoms with Crippen LogP contribution in [-0.4, -0.2) is 28.1 Å². The number of fused-ring (bicyclic) bond motifs is 1. The SMILES string of the molecule is CC(C#N)(NC(=O)CSc1cc(C(=O)Nc2ccccc2C(F)(F)F)c2ccccc2n1)C1CC1. The lowest BCUT2D eigenvalue weighted by Gasteiger charge is -2.22. The van der Waals surface area contributed by atoms with Crippen molar-refractivity contribution in [3.05, 3.63) is 65.7 Å². The van der Waals surface area contributed by atoms with Gasteiger partial charge in [-0.15, -0.1) is 0 Å². The highest BCUT2D eigenvalue weighted by molar-refractivity contribution is 7.99. The summed E-state index contributed by atoms with van der Waals surface area (Å²) in [6, 6.07) is 15.1. The van der Waals surface area contributed by atoms with Gasteiger partial charge in [0.15, 0.2) is 0 Å². The molecule has 1 heterocycles. The summed E-state index contributed by atoms with van der Waals surface area (Å²) < 4.78 is 40.1. The van der Waals surface area contributed by atoms with E-state index in [1.807, 2.05) is 0 Å². The van der Waals surface area contributed by atoms with Crippen molar-refractivity contribution in [1.29, 1.82) is 5.26 Å². The van der Waals surface area contributed by atoms with Gasteiger partial charge in [-0.2, -0.15) is 18.4 Å². The zero-order valence-corrected chi connectivity index (χ0v) is 19.5. The van der Waals surface area contributed by atoms with Gasteiger partial charge in [-0.25, -0.2) is 4.98 Å². The third-order valence-electron chi connectivity index (χ3n) is 5.79. The first-order chi connectivity index (χ1) is 16.6. The van der Waals surface area contributed by atoms with E-state index in [-0.39, 0.29) is 28.8 Å². The average molecular weight is 499 g/mol. The van der Waals surface area contributed by atoms with Crippen LogP contribution in [0.3, 0.4) is 0 Å². The molecule has 0 spiro atoms. The van der Waals surface area contributed by atoms with E-state index in [0.717, 1.165) is 30.7 Å². The molecule has 35 heavy (non-hydrogen) atoms. The molecule has 10 heteroatoms. The lowest BCUT2D eigenvalue weighted by molar-refractivity contribution is -0.137. The number of anilines is 1. The molecule has 0 radical (unpaired) electrons. The second kappa shape index (κ2) is 9.58. The van der Waals surface area contributed by atoms with Crippen molar-refractivity contribution >= 4 is 40.2 Å². The summed E-state index contributed by atoms with van der Waals surface area (Å²) in [5, 5.41) is 15.4. The number of nitriles is 1. The van der Waals surface area contributed by atoms with E-state index >= 15 is 0 Å². The van der Waals surface area contributed by atoms with Gasteiger partial charge < -0.3 is 10.6 Å². The molecule has 0 saturated heterocycles. The Balaban J connectivity index is 1.57. The van der Waals surface area contributed by atoms with Gasteiger partial charge in [0.1, 0.15) is 5.54 Å². The maximum absolute atomic E-state index is 13.4. The highest BCUT2D eigenvalue weighted by Gasteiger charge is 2.43. The molecule has 1 fully saturated rings. The predicted octanol–water partition coefficient (Wildman–Crippen LogP) is 5.41. The molecule has 2 aromatic carbocycles. The van der Waals surface area contributed by atoms with Crippen LogP contribution in [0.5, 0.6) is 0 Å². The lowest BCUT2D eigenvalue weighted by atomic mass is 9.98. The Bertz CT molecular complexity index is 1330. The third-order valence-corrected chi connectivity index (χ3v) is 6.71. The van der Waals surface area contributed by atoms with Crippen LogP contribution in [0, 0.1) is 17.2 Å². The van der Waals surface area contributed by atoms with E-state index in [1.165, 1.54) is 24.3 Å². The molecule has 4 rings (SSSR count). The molecule has 6 nitrogen and oxygen atoms in total. The fourth-order valence-corrected chi connectivity index (χ4v) is 4.50. The number of thioether (sulfide) groups is 1. The molecule has 1 saturated carbocycles. The lowest BCUT2D eigenvalue weighted by Crippen LogP contribution is -2.47. The molecule has 0 bridgehead atoms. The Morgan fingerprint density at radius 1 is 1.14 bits per heavy atom. The van der Waals surface area contributed by atoms with Crippen LogP contribution >= 0.6 is 11.8 Å². The Labute approximate surface area is 203 Å². The standard InChI is InChI=1S/C25H21F3N4O2S/c1-24(14-29,15-10-11-15)32-21(33)13-35-22-12-17(16-6-2-4-8-19(16)30-22)23(34)31-20-9-5-3-7-18(20)25(26,27)28/h2-9,12,15H,10-11,13H2,1H3,(H,31,34)(H,32,33). The number of aromatic nitrogens is 1. The number of hydrogen-bond acceptors (Lipinski definition) is 5. The molecule has 0 aliphatic heterocycles. The number of pyridine rings is 1. The number of hydrogen-bond donors (Lipinski definition) is 2. The van der Waals surface area contributed by atoms with Crippen LogP contribution in [0.25, 0.3) is 10.9 Å². The molecule has 2 amide bonds. The number of para-hydroxylation sites is 2. The molecule has 1 aliphatic carbocycles. The van der Waals surface area contributed by atoms with E-state index in [2.05, 4.69) is 21.7 Å². The Hall–Kier alpha value is -3.58.